The second-order valence-corrected chi connectivity index (χ2v) is 12.2. The first-order valence-electron chi connectivity index (χ1n) is 12.5. The molecular weight excluding hydrogens is 522 g/mol. The second kappa shape index (κ2) is 7.62. The van der Waals surface area contributed by atoms with Crippen molar-refractivity contribution in [3.05, 3.63) is 94.5 Å². The number of imide groups is 1. The Labute approximate surface area is 222 Å². The molecule has 1 heterocycles. The molecule has 3 nitrogen and oxygen atoms in total. The molecule has 0 bridgehead atoms. The fourth-order valence-electron chi connectivity index (χ4n) is 5.91. The Bertz CT molecular complexity index is 2000. The fraction of sp³-hybridized carbons (Fsp3) is 0.152. The number of fused-ring (bicyclic) bond motifs is 7. The number of benzene rings is 6. The van der Waals surface area contributed by atoms with E-state index in [0.29, 0.717) is 17.7 Å². The summed E-state index contributed by atoms with van der Waals surface area (Å²) in [6, 6.07) is 27.3. The van der Waals surface area contributed by atoms with Crippen molar-refractivity contribution in [2.75, 3.05) is 6.54 Å². The third kappa shape index (κ3) is 3.32. The zero-order valence-electron chi connectivity index (χ0n) is 20.9. The zero-order chi connectivity index (χ0) is 25.6. The van der Waals surface area contributed by atoms with Gasteiger partial charge in [-0.15, -0.1) is 0 Å². The van der Waals surface area contributed by atoms with E-state index in [4.69, 9.17) is 0 Å². The Kier molecular flexibility index (Phi) is 4.62. The minimum atomic E-state index is -0.208. The number of halogens is 1. The lowest BCUT2D eigenvalue weighted by atomic mass is 9.86. The maximum absolute atomic E-state index is 13.6. The zero-order valence-corrected chi connectivity index (χ0v) is 22.4. The van der Waals surface area contributed by atoms with Crippen molar-refractivity contribution in [1.29, 1.82) is 0 Å². The van der Waals surface area contributed by atoms with E-state index in [1.807, 2.05) is 45.0 Å². The molecule has 37 heavy (non-hydrogen) atoms. The molecule has 6 aromatic carbocycles. The molecule has 6 aromatic rings. The van der Waals surface area contributed by atoms with Gasteiger partial charge in [0.15, 0.2) is 0 Å². The summed E-state index contributed by atoms with van der Waals surface area (Å²) in [7, 11) is 0. The predicted molar refractivity (Wildman–Crippen MR) is 156 cm³/mol. The Hall–Kier alpha value is -3.76. The van der Waals surface area contributed by atoms with Crippen LogP contribution < -0.4 is 0 Å². The summed E-state index contributed by atoms with van der Waals surface area (Å²) in [5, 5.41) is 10.9. The van der Waals surface area contributed by atoms with E-state index in [1.54, 1.807) is 0 Å². The van der Waals surface area contributed by atoms with E-state index in [1.165, 1.54) is 21.1 Å². The van der Waals surface area contributed by atoms with E-state index < -0.39 is 0 Å². The van der Waals surface area contributed by atoms with Crippen LogP contribution in [0.2, 0.25) is 0 Å². The molecule has 0 aromatic heterocycles. The van der Waals surface area contributed by atoms with Gasteiger partial charge in [0, 0.05) is 27.5 Å². The molecule has 0 unspecified atom stereocenters. The summed E-state index contributed by atoms with van der Waals surface area (Å²) < 4.78 is 1.06. The average Bonchev–Trinajstić information content (AvgIpc) is 2.87. The maximum Gasteiger partial charge on any atom is 0.261 e. The molecular formula is C33H24BrNO2. The van der Waals surface area contributed by atoms with E-state index in [2.05, 4.69) is 70.5 Å². The average molecular weight is 546 g/mol. The van der Waals surface area contributed by atoms with Gasteiger partial charge in [0.1, 0.15) is 0 Å². The quantitative estimate of drug-likeness (QED) is 0.117. The van der Waals surface area contributed by atoms with Crippen molar-refractivity contribution >= 4 is 81.6 Å². The van der Waals surface area contributed by atoms with Gasteiger partial charge >= 0.3 is 0 Å². The van der Waals surface area contributed by atoms with Crippen LogP contribution in [0.15, 0.2) is 83.3 Å². The monoisotopic (exact) mass is 545 g/mol. The van der Waals surface area contributed by atoms with Gasteiger partial charge in [-0.25, -0.2) is 0 Å². The van der Waals surface area contributed by atoms with Crippen molar-refractivity contribution in [3.63, 3.8) is 0 Å². The number of rotatable bonds is 1. The lowest BCUT2D eigenvalue weighted by molar-refractivity contribution is 0.0555. The Balaban J connectivity index is 1.56. The standard InChI is InChI=1S/C33H24BrNO2/c1-33(2,3)17-35-31(36)24-6-4-5-23-29-21(15-28(30(23)24)32(35)37)10-9-20-13-25-19(14-27(20)29)8-7-18-11-12-22(34)16-26(18)25/h4-16H,17H2,1-3H3. The summed E-state index contributed by atoms with van der Waals surface area (Å²) in [6.07, 6.45) is 0. The SMILES string of the molecule is CC(C)(C)CN1C(=O)c2cccc3c2c(cc2ccc4cc5c(ccc6ccc(Br)cc65)cc4c23)C1=O. The molecule has 1 aliphatic heterocycles. The Morgan fingerprint density at radius 2 is 1.24 bits per heavy atom. The van der Waals surface area contributed by atoms with Crippen LogP contribution in [-0.4, -0.2) is 23.3 Å². The van der Waals surface area contributed by atoms with Gasteiger partial charge < -0.3 is 0 Å². The van der Waals surface area contributed by atoms with Gasteiger partial charge in [-0.2, -0.15) is 0 Å². The van der Waals surface area contributed by atoms with Crippen LogP contribution in [0.25, 0.3) is 53.9 Å². The predicted octanol–water partition coefficient (Wildman–Crippen LogP) is 8.86. The maximum atomic E-state index is 13.6. The third-order valence-electron chi connectivity index (χ3n) is 7.46. The largest absolute Gasteiger partial charge is 0.274 e. The van der Waals surface area contributed by atoms with Crippen LogP contribution in [0.4, 0.5) is 0 Å². The summed E-state index contributed by atoms with van der Waals surface area (Å²) in [5.74, 6) is -0.415. The first kappa shape index (κ1) is 22.4. The van der Waals surface area contributed by atoms with Crippen molar-refractivity contribution in [1.82, 2.24) is 4.90 Å². The smallest absolute Gasteiger partial charge is 0.261 e. The highest BCUT2D eigenvalue weighted by molar-refractivity contribution is 9.10. The van der Waals surface area contributed by atoms with E-state index in [9.17, 15) is 9.59 Å². The number of hydrogen-bond donors (Lipinski definition) is 0. The highest BCUT2D eigenvalue weighted by atomic mass is 79.9. The molecule has 180 valence electrons. The highest BCUT2D eigenvalue weighted by Crippen LogP contribution is 2.41. The number of nitrogens with zero attached hydrogens (tertiary/aromatic N) is 1. The number of carbonyl (C=O) groups excluding carboxylic acids is 2. The molecule has 0 fully saturated rings. The molecule has 0 saturated carbocycles. The van der Waals surface area contributed by atoms with Crippen molar-refractivity contribution in [2.24, 2.45) is 5.41 Å². The van der Waals surface area contributed by atoms with Gasteiger partial charge in [-0.3, -0.25) is 14.5 Å². The minimum absolute atomic E-state index is 0.190. The molecule has 0 saturated heterocycles. The molecule has 0 aliphatic carbocycles. The van der Waals surface area contributed by atoms with E-state index >= 15 is 0 Å². The Morgan fingerprint density at radius 3 is 2.03 bits per heavy atom. The van der Waals surface area contributed by atoms with Crippen LogP contribution in [0, 0.1) is 5.41 Å². The molecule has 4 heteroatoms. The van der Waals surface area contributed by atoms with Crippen LogP contribution in [0.5, 0.6) is 0 Å². The molecule has 1 aliphatic rings. The number of carbonyl (C=O) groups is 2. The van der Waals surface area contributed by atoms with Gasteiger partial charge in [-0.1, -0.05) is 79.2 Å². The highest BCUT2D eigenvalue weighted by Gasteiger charge is 2.35. The number of hydrogen-bond acceptors (Lipinski definition) is 2. The third-order valence-corrected chi connectivity index (χ3v) is 7.95. The summed E-state index contributed by atoms with van der Waals surface area (Å²) in [6.45, 7) is 6.51. The van der Waals surface area contributed by atoms with Gasteiger partial charge in [0.25, 0.3) is 11.8 Å². The van der Waals surface area contributed by atoms with Crippen molar-refractivity contribution in [3.8, 4) is 0 Å². The molecule has 0 N–H and O–H groups in total. The number of amides is 2. The molecule has 2 amide bonds. The molecule has 7 rings (SSSR count). The van der Waals surface area contributed by atoms with Crippen LogP contribution in [0.1, 0.15) is 41.5 Å². The normalized spacial score (nSPS) is 14.1. The second-order valence-electron chi connectivity index (χ2n) is 11.3. The fourth-order valence-corrected chi connectivity index (χ4v) is 6.27. The summed E-state index contributed by atoms with van der Waals surface area (Å²) >= 11 is 3.62. The summed E-state index contributed by atoms with van der Waals surface area (Å²) in [5.41, 5.74) is 1.02. The first-order valence-corrected chi connectivity index (χ1v) is 13.3. The lowest BCUT2D eigenvalue weighted by Crippen LogP contribution is -2.44. The van der Waals surface area contributed by atoms with Gasteiger partial charge in [0.2, 0.25) is 0 Å². The molecule has 0 spiro atoms. The Morgan fingerprint density at radius 1 is 0.622 bits per heavy atom. The van der Waals surface area contributed by atoms with Crippen LogP contribution in [-0.2, 0) is 0 Å². The first-order chi connectivity index (χ1) is 17.7. The molecule has 0 radical (unpaired) electrons. The van der Waals surface area contributed by atoms with Crippen molar-refractivity contribution in [2.45, 2.75) is 20.8 Å². The van der Waals surface area contributed by atoms with Gasteiger partial charge in [-0.05, 0) is 90.3 Å². The topological polar surface area (TPSA) is 37.4 Å². The lowest BCUT2D eigenvalue weighted by Gasteiger charge is -2.32. The van der Waals surface area contributed by atoms with E-state index in [0.717, 1.165) is 42.2 Å². The van der Waals surface area contributed by atoms with Crippen LogP contribution in [0.3, 0.4) is 0 Å². The van der Waals surface area contributed by atoms with Gasteiger partial charge in [0.05, 0.1) is 0 Å². The molecule has 0 atom stereocenters. The minimum Gasteiger partial charge on any atom is -0.274 e. The van der Waals surface area contributed by atoms with E-state index in [-0.39, 0.29) is 17.2 Å². The van der Waals surface area contributed by atoms with Crippen molar-refractivity contribution < 1.29 is 9.59 Å². The summed E-state index contributed by atoms with van der Waals surface area (Å²) in [4.78, 5) is 28.6. The van der Waals surface area contributed by atoms with Crippen LogP contribution >= 0.6 is 15.9 Å².